The molecule has 0 bridgehead atoms. The summed E-state index contributed by atoms with van der Waals surface area (Å²) in [6.45, 7) is 1.09. The molecule has 2 rings (SSSR count). The minimum Gasteiger partial charge on any atom is -0.477 e. The Balaban J connectivity index is 2.35. The zero-order valence-corrected chi connectivity index (χ0v) is 10.7. The minimum absolute atomic E-state index is 0.0239. The summed E-state index contributed by atoms with van der Waals surface area (Å²) in [6.07, 6.45) is -1.68. The lowest BCUT2D eigenvalue weighted by Gasteiger charge is -2.48. The molecule has 1 saturated heterocycles. The number of ether oxygens (including phenoxy) is 1. The fraction of sp³-hybridized carbons (Fsp3) is 0.500. The van der Waals surface area contributed by atoms with Gasteiger partial charge < -0.3 is 20.7 Å². The third-order valence-electron chi connectivity index (χ3n) is 2.82. The summed E-state index contributed by atoms with van der Waals surface area (Å²) < 4.78 is 4.55. The predicted octanol–water partition coefficient (Wildman–Crippen LogP) is -1.55. The molecule has 0 saturated carbocycles. The Morgan fingerprint density at radius 3 is 2.74 bits per heavy atom. The van der Waals surface area contributed by atoms with Crippen LogP contribution >= 0.6 is 11.8 Å². The van der Waals surface area contributed by atoms with Crippen molar-refractivity contribution in [2.75, 3.05) is 5.75 Å². The average Bonchev–Trinajstić information content (AvgIpc) is 2.34. The summed E-state index contributed by atoms with van der Waals surface area (Å²) in [5, 5.41) is 18.4. The van der Waals surface area contributed by atoms with Gasteiger partial charge >= 0.3 is 11.9 Å². The van der Waals surface area contributed by atoms with Crippen LogP contribution in [0.1, 0.15) is 6.92 Å². The predicted molar refractivity (Wildman–Crippen MR) is 63.5 cm³/mol. The Morgan fingerprint density at radius 1 is 1.58 bits per heavy atom. The number of aliphatic carboxylic acids is 1. The van der Waals surface area contributed by atoms with Gasteiger partial charge in [-0.15, -0.1) is 11.8 Å². The van der Waals surface area contributed by atoms with E-state index in [2.05, 4.69) is 4.74 Å². The SMILES string of the molecule is CC(=O)OC(O)C1=C(C(=O)O)N2C(=O)[C@H](N)[C@H]2SC1. The molecule has 19 heavy (non-hydrogen) atoms. The fourth-order valence-electron chi connectivity index (χ4n) is 1.96. The van der Waals surface area contributed by atoms with Crippen LogP contribution in [0.15, 0.2) is 11.3 Å². The number of carbonyl (C=O) groups is 3. The van der Waals surface area contributed by atoms with Gasteiger partial charge in [-0.1, -0.05) is 0 Å². The van der Waals surface area contributed by atoms with Crippen LogP contribution in [0.5, 0.6) is 0 Å². The lowest BCUT2D eigenvalue weighted by atomic mass is 10.0. The summed E-state index contributed by atoms with van der Waals surface area (Å²) in [6, 6.07) is -0.744. The van der Waals surface area contributed by atoms with Crippen LogP contribution in [0.4, 0.5) is 0 Å². The summed E-state index contributed by atoms with van der Waals surface area (Å²) in [4.78, 5) is 34.7. The van der Waals surface area contributed by atoms with Gasteiger partial charge in [0.15, 0.2) is 0 Å². The summed E-state index contributed by atoms with van der Waals surface area (Å²) >= 11 is 1.22. The molecule has 1 unspecified atom stereocenters. The molecule has 4 N–H and O–H groups in total. The van der Waals surface area contributed by atoms with Crippen LogP contribution in [-0.2, 0) is 19.1 Å². The standard InChI is InChI=1S/C10H12N2O6S/c1-3(13)18-10(17)4-2-19-8-5(11)7(14)12(8)6(4)9(15)16/h5,8,10,17H,2,11H2,1H3,(H,15,16)/t5-,8+,10?/m0/s1. The van der Waals surface area contributed by atoms with Crippen molar-refractivity contribution in [3.05, 3.63) is 11.3 Å². The maximum Gasteiger partial charge on any atom is 0.352 e. The van der Waals surface area contributed by atoms with E-state index >= 15 is 0 Å². The molecule has 0 aromatic rings. The molecule has 0 spiro atoms. The number of hydrogen-bond donors (Lipinski definition) is 3. The molecular weight excluding hydrogens is 276 g/mol. The second-order valence-corrected chi connectivity index (χ2v) is 5.18. The number of β-lactam (4-membered cyclic amide) rings is 1. The Bertz CT molecular complexity index is 490. The lowest BCUT2D eigenvalue weighted by Crippen LogP contribution is -2.68. The zero-order chi connectivity index (χ0) is 14.3. The van der Waals surface area contributed by atoms with Gasteiger partial charge in [0.25, 0.3) is 0 Å². The van der Waals surface area contributed by atoms with Crippen molar-refractivity contribution in [3.8, 4) is 0 Å². The second kappa shape index (κ2) is 4.83. The quantitative estimate of drug-likeness (QED) is 0.323. The summed E-state index contributed by atoms with van der Waals surface area (Å²) in [5.41, 5.74) is 5.18. The monoisotopic (exact) mass is 288 g/mol. The number of thioether (sulfide) groups is 1. The summed E-state index contributed by atoms with van der Waals surface area (Å²) in [7, 11) is 0. The van der Waals surface area contributed by atoms with Gasteiger partial charge in [-0.05, 0) is 0 Å². The molecule has 1 amide bonds. The average molecular weight is 288 g/mol. The number of nitrogens with zero attached hydrogens (tertiary/aromatic N) is 1. The Labute approximate surface area is 112 Å². The second-order valence-electron chi connectivity index (χ2n) is 4.08. The smallest absolute Gasteiger partial charge is 0.352 e. The Kier molecular flexibility index (Phi) is 3.52. The van der Waals surface area contributed by atoms with Crippen molar-refractivity contribution in [3.63, 3.8) is 0 Å². The van der Waals surface area contributed by atoms with E-state index < -0.39 is 35.6 Å². The molecule has 0 aromatic carbocycles. The number of hydrogen-bond acceptors (Lipinski definition) is 7. The molecular formula is C10H12N2O6S. The number of aliphatic hydroxyl groups is 1. The van der Waals surface area contributed by atoms with Gasteiger partial charge in [0.1, 0.15) is 17.1 Å². The fourth-order valence-corrected chi connectivity index (χ4v) is 3.27. The van der Waals surface area contributed by atoms with Crippen molar-refractivity contribution in [2.45, 2.75) is 24.6 Å². The van der Waals surface area contributed by atoms with Crippen molar-refractivity contribution in [1.82, 2.24) is 4.90 Å². The highest BCUT2D eigenvalue weighted by Gasteiger charge is 2.52. The third kappa shape index (κ3) is 2.20. The van der Waals surface area contributed by atoms with Gasteiger partial charge in [-0.2, -0.15) is 0 Å². The van der Waals surface area contributed by atoms with Crippen LogP contribution < -0.4 is 5.73 Å². The number of carbonyl (C=O) groups excluding carboxylic acids is 2. The van der Waals surface area contributed by atoms with Crippen LogP contribution in [0.3, 0.4) is 0 Å². The first kappa shape index (κ1) is 13.8. The Morgan fingerprint density at radius 2 is 2.21 bits per heavy atom. The first-order valence-electron chi connectivity index (χ1n) is 5.36. The van der Waals surface area contributed by atoms with E-state index in [1.807, 2.05) is 0 Å². The number of carboxylic acid groups (broad SMARTS) is 1. The van der Waals surface area contributed by atoms with Gasteiger partial charge in [-0.3, -0.25) is 14.5 Å². The summed E-state index contributed by atoms with van der Waals surface area (Å²) in [5.74, 6) is -2.52. The van der Waals surface area contributed by atoms with E-state index in [4.69, 9.17) is 10.8 Å². The topological polar surface area (TPSA) is 130 Å². The van der Waals surface area contributed by atoms with Gasteiger partial charge in [0.05, 0.1) is 0 Å². The molecule has 9 heteroatoms. The number of aliphatic hydroxyl groups excluding tert-OH is 1. The molecule has 2 aliphatic rings. The van der Waals surface area contributed by atoms with E-state index in [1.54, 1.807) is 0 Å². The van der Waals surface area contributed by atoms with Gasteiger partial charge in [0.2, 0.25) is 12.2 Å². The highest BCUT2D eigenvalue weighted by molar-refractivity contribution is 8.00. The molecule has 3 atom stereocenters. The number of amides is 1. The maximum atomic E-state index is 11.6. The molecule has 104 valence electrons. The van der Waals surface area contributed by atoms with E-state index in [9.17, 15) is 19.5 Å². The van der Waals surface area contributed by atoms with Crippen LogP contribution in [0, 0.1) is 0 Å². The van der Waals surface area contributed by atoms with Crippen molar-refractivity contribution < 1.29 is 29.3 Å². The molecule has 0 aliphatic carbocycles. The first-order valence-corrected chi connectivity index (χ1v) is 6.41. The van der Waals surface area contributed by atoms with Crippen LogP contribution in [0.25, 0.3) is 0 Å². The molecule has 0 aromatic heterocycles. The van der Waals surface area contributed by atoms with E-state index in [0.29, 0.717) is 0 Å². The number of fused-ring (bicyclic) bond motifs is 1. The molecule has 1 fully saturated rings. The minimum atomic E-state index is -1.68. The highest BCUT2D eigenvalue weighted by Crippen LogP contribution is 2.40. The normalized spacial score (nSPS) is 27.5. The number of rotatable bonds is 3. The molecule has 2 heterocycles. The molecule has 8 nitrogen and oxygen atoms in total. The van der Waals surface area contributed by atoms with Crippen LogP contribution in [-0.4, -0.2) is 56.4 Å². The number of nitrogens with two attached hydrogens (primary N) is 1. The van der Waals surface area contributed by atoms with E-state index in [1.165, 1.54) is 11.8 Å². The maximum absolute atomic E-state index is 11.6. The molecule has 2 aliphatic heterocycles. The largest absolute Gasteiger partial charge is 0.477 e. The van der Waals surface area contributed by atoms with E-state index in [-0.39, 0.29) is 17.0 Å². The van der Waals surface area contributed by atoms with Crippen molar-refractivity contribution in [1.29, 1.82) is 0 Å². The van der Waals surface area contributed by atoms with Crippen molar-refractivity contribution >= 4 is 29.6 Å². The van der Waals surface area contributed by atoms with Gasteiger partial charge in [-0.25, -0.2) is 4.79 Å². The third-order valence-corrected chi connectivity index (χ3v) is 4.14. The molecule has 0 radical (unpaired) electrons. The van der Waals surface area contributed by atoms with Gasteiger partial charge in [0, 0.05) is 18.2 Å². The zero-order valence-electron chi connectivity index (χ0n) is 9.90. The lowest BCUT2D eigenvalue weighted by molar-refractivity contribution is -0.160. The Hall–Kier alpha value is -1.58. The van der Waals surface area contributed by atoms with Crippen molar-refractivity contribution in [2.24, 2.45) is 5.73 Å². The van der Waals surface area contributed by atoms with Crippen LogP contribution in [0.2, 0.25) is 0 Å². The number of esters is 1. The van der Waals surface area contributed by atoms with E-state index in [0.717, 1.165) is 11.8 Å². The highest BCUT2D eigenvalue weighted by atomic mass is 32.2. The first-order chi connectivity index (χ1) is 8.84. The number of carboxylic acids is 1.